The van der Waals surface area contributed by atoms with E-state index in [2.05, 4.69) is 15.5 Å². The van der Waals surface area contributed by atoms with Gasteiger partial charge in [-0.25, -0.2) is 0 Å². The number of hydrogen-bond acceptors (Lipinski definition) is 3. The van der Waals surface area contributed by atoms with Gasteiger partial charge in [-0.15, -0.1) is 0 Å². The van der Waals surface area contributed by atoms with E-state index in [-0.39, 0.29) is 0 Å². The Kier molecular flexibility index (Phi) is 3.01. The van der Waals surface area contributed by atoms with Crippen molar-refractivity contribution in [2.24, 2.45) is 0 Å². The van der Waals surface area contributed by atoms with Gasteiger partial charge in [0, 0.05) is 24.0 Å². The van der Waals surface area contributed by atoms with Crippen LogP contribution in [0.2, 0.25) is 5.02 Å². The molecule has 4 nitrogen and oxygen atoms in total. The number of aromatic nitrogens is 2. The highest BCUT2D eigenvalue weighted by molar-refractivity contribution is 6.33. The van der Waals surface area contributed by atoms with Crippen LogP contribution in [0.3, 0.4) is 0 Å². The first-order chi connectivity index (χ1) is 7.66. The van der Waals surface area contributed by atoms with Crippen molar-refractivity contribution in [2.75, 3.05) is 11.1 Å². The molecule has 1 heterocycles. The smallest absolute Gasteiger partial charge is 0.0656 e. The van der Waals surface area contributed by atoms with Crippen LogP contribution >= 0.6 is 11.6 Å². The molecule has 4 N–H and O–H groups in total. The van der Waals surface area contributed by atoms with Crippen molar-refractivity contribution >= 4 is 23.0 Å². The first-order valence-electron chi connectivity index (χ1n) is 4.94. The van der Waals surface area contributed by atoms with Crippen molar-refractivity contribution in [1.82, 2.24) is 10.2 Å². The van der Waals surface area contributed by atoms with Gasteiger partial charge in [0.25, 0.3) is 0 Å². The molecule has 0 bridgehead atoms. The first-order valence-corrected chi connectivity index (χ1v) is 5.32. The molecule has 0 unspecified atom stereocenters. The molecule has 0 spiro atoms. The monoisotopic (exact) mass is 236 g/mol. The molecule has 0 saturated carbocycles. The zero-order chi connectivity index (χ0) is 11.5. The lowest BCUT2D eigenvalue weighted by atomic mass is 10.1. The number of H-pyrrole nitrogens is 1. The molecule has 0 radical (unpaired) electrons. The van der Waals surface area contributed by atoms with Crippen molar-refractivity contribution in [1.29, 1.82) is 0 Å². The van der Waals surface area contributed by atoms with Crippen LogP contribution in [0.25, 0.3) is 0 Å². The second kappa shape index (κ2) is 4.45. The summed E-state index contributed by atoms with van der Waals surface area (Å²) in [4.78, 5) is 0. The van der Waals surface area contributed by atoms with E-state index in [4.69, 9.17) is 17.3 Å². The lowest BCUT2D eigenvalue weighted by Crippen LogP contribution is -2.01. The Balaban J connectivity index is 2.12. The van der Waals surface area contributed by atoms with E-state index < -0.39 is 0 Å². The topological polar surface area (TPSA) is 66.7 Å². The standard InChI is InChI=1S/C11H13ClN4/c1-7-2-10(13)9(12)3-11(7)14-4-8-5-15-16-6-8/h2-3,5-6,14H,4,13H2,1H3,(H,15,16). The molecule has 5 heteroatoms. The predicted molar refractivity (Wildman–Crippen MR) is 66.5 cm³/mol. The third-order valence-electron chi connectivity index (χ3n) is 2.38. The fraction of sp³-hybridized carbons (Fsp3) is 0.182. The summed E-state index contributed by atoms with van der Waals surface area (Å²) in [6.07, 6.45) is 3.63. The highest BCUT2D eigenvalue weighted by Crippen LogP contribution is 2.26. The van der Waals surface area contributed by atoms with Crippen LogP contribution in [0.1, 0.15) is 11.1 Å². The molecule has 0 aliphatic rings. The van der Waals surface area contributed by atoms with Crippen LogP contribution in [0.4, 0.5) is 11.4 Å². The van der Waals surface area contributed by atoms with Gasteiger partial charge in [0.1, 0.15) is 0 Å². The van der Waals surface area contributed by atoms with Crippen LogP contribution in [-0.2, 0) is 6.54 Å². The molecular weight excluding hydrogens is 224 g/mol. The molecule has 0 atom stereocenters. The number of nitrogens with one attached hydrogen (secondary N) is 2. The van der Waals surface area contributed by atoms with Gasteiger partial charge in [-0.1, -0.05) is 11.6 Å². The number of aromatic amines is 1. The predicted octanol–water partition coefficient (Wildman–Crippen LogP) is 2.57. The Hall–Kier alpha value is -1.68. The summed E-state index contributed by atoms with van der Waals surface area (Å²) in [5.74, 6) is 0. The van der Waals surface area contributed by atoms with E-state index in [1.54, 1.807) is 6.20 Å². The van der Waals surface area contributed by atoms with Crippen LogP contribution in [0.5, 0.6) is 0 Å². The van der Waals surface area contributed by atoms with Crippen molar-refractivity contribution in [3.8, 4) is 0 Å². The highest BCUT2D eigenvalue weighted by atomic mass is 35.5. The number of hydrogen-bond donors (Lipinski definition) is 3. The quantitative estimate of drug-likeness (QED) is 0.718. The minimum Gasteiger partial charge on any atom is -0.398 e. The molecule has 1 aromatic heterocycles. The average molecular weight is 237 g/mol. The Morgan fingerprint density at radius 2 is 2.31 bits per heavy atom. The van der Waals surface area contributed by atoms with Gasteiger partial charge in [-0.05, 0) is 24.6 Å². The summed E-state index contributed by atoms with van der Waals surface area (Å²) in [5.41, 5.74) is 9.46. The summed E-state index contributed by atoms with van der Waals surface area (Å²) < 4.78 is 0. The van der Waals surface area contributed by atoms with E-state index in [1.807, 2.05) is 25.3 Å². The Labute approximate surface area is 98.8 Å². The molecule has 0 aliphatic heterocycles. The third-order valence-corrected chi connectivity index (χ3v) is 2.71. The Morgan fingerprint density at radius 1 is 1.50 bits per heavy atom. The largest absolute Gasteiger partial charge is 0.398 e. The van der Waals surface area contributed by atoms with Gasteiger partial charge >= 0.3 is 0 Å². The lowest BCUT2D eigenvalue weighted by molar-refractivity contribution is 1.09. The van der Waals surface area contributed by atoms with Crippen LogP contribution in [0, 0.1) is 6.92 Å². The van der Waals surface area contributed by atoms with Crippen LogP contribution < -0.4 is 11.1 Å². The normalized spacial score (nSPS) is 10.4. The molecule has 84 valence electrons. The number of benzene rings is 1. The fourth-order valence-corrected chi connectivity index (χ4v) is 1.63. The maximum Gasteiger partial charge on any atom is 0.0656 e. The van der Waals surface area contributed by atoms with E-state index in [0.717, 1.165) is 16.8 Å². The van der Waals surface area contributed by atoms with E-state index in [9.17, 15) is 0 Å². The van der Waals surface area contributed by atoms with Gasteiger partial charge in [-0.3, -0.25) is 5.10 Å². The molecule has 2 aromatic rings. The van der Waals surface area contributed by atoms with Gasteiger partial charge < -0.3 is 11.1 Å². The third kappa shape index (κ3) is 2.28. The summed E-state index contributed by atoms with van der Waals surface area (Å²) in [5, 5.41) is 10.5. The number of nitrogens with zero attached hydrogens (tertiary/aromatic N) is 1. The molecule has 16 heavy (non-hydrogen) atoms. The number of nitrogens with two attached hydrogens (primary N) is 1. The fourth-order valence-electron chi connectivity index (χ4n) is 1.47. The average Bonchev–Trinajstić information content (AvgIpc) is 2.74. The summed E-state index contributed by atoms with van der Waals surface area (Å²) in [7, 11) is 0. The van der Waals surface area contributed by atoms with Crippen LogP contribution in [0.15, 0.2) is 24.5 Å². The van der Waals surface area contributed by atoms with Crippen molar-refractivity contribution in [3.63, 3.8) is 0 Å². The zero-order valence-electron chi connectivity index (χ0n) is 8.92. The van der Waals surface area contributed by atoms with Crippen molar-refractivity contribution in [2.45, 2.75) is 13.5 Å². The molecule has 0 saturated heterocycles. The summed E-state index contributed by atoms with van der Waals surface area (Å²) >= 11 is 5.96. The van der Waals surface area contributed by atoms with E-state index in [1.165, 1.54) is 0 Å². The van der Waals surface area contributed by atoms with Crippen LogP contribution in [-0.4, -0.2) is 10.2 Å². The minimum atomic E-state index is 0.570. The summed E-state index contributed by atoms with van der Waals surface area (Å²) in [6.45, 7) is 2.70. The number of halogens is 1. The lowest BCUT2D eigenvalue weighted by Gasteiger charge is -2.10. The van der Waals surface area contributed by atoms with Crippen molar-refractivity contribution < 1.29 is 0 Å². The Bertz CT molecular complexity index is 479. The maximum absolute atomic E-state index is 5.96. The maximum atomic E-state index is 5.96. The van der Waals surface area contributed by atoms with Gasteiger partial charge in [0.15, 0.2) is 0 Å². The first kappa shape index (κ1) is 10.8. The molecule has 2 rings (SSSR count). The van der Waals surface area contributed by atoms with Gasteiger partial charge in [0.05, 0.1) is 16.9 Å². The number of aryl methyl sites for hydroxylation is 1. The second-order valence-corrected chi connectivity index (χ2v) is 4.06. The molecule has 0 aliphatic carbocycles. The summed E-state index contributed by atoms with van der Waals surface area (Å²) in [6, 6.07) is 3.70. The SMILES string of the molecule is Cc1cc(N)c(Cl)cc1NCc1cn[nH]c1. The number of anilines is 2. The zero-order valence-corrected chi connectivity index (χ0v) is 9.67. The number of nitrogen functional groups attached to an aromatic ring is 1. The molecular formula is C11H13ClN4. The highest BCUT2D eigenvalue weighted by Gasteiger charge is 2.03. The van der Waals surface area contributed by atoms with E-state index >= 15 is 0 Å². The van der Waals surface area contributed by atoms with Crippen molar-refractivity contribution in [3.05, 3.63) is 40.7 Å². The second-order valence-electron chi connectivity index (χ2n) is 3.65. The Morgan fingerprint density at radius 3 is 3.00 bits per heavy atom. The molecule has 0 amide bonds. The molecule has 0 fully saturated rings. The van der Waals surface area contributed by atoms with Gasteiger partial charge in [0.2, 0.25) is 0 Å². The van der Waals surface area contributed by atoms with E-state index in [0.29, 0.717) is 17.3 Å². The molecule has 1 aromatic carbocycles. The number of rotatable bonds is 3. The minimum absolute atomic E-state index is 0.570. The van der Waals surface area contributed by atoms with Gasteiger partial charge in [-0.2, -0.15) is 5.10 Å².